The summed E-state index contributed by atoms with van der Waals surface area (Å²) in [6.45, 7) is 0.582. The monoisotopic (exact) mass is 478 g/mol. The van der Waals surface area contributed by atoms with Gasteiger partial charge >= 0.3 is 0 Å². The van der Waals surface area contributed by atoms with Gasteiger partial charge in [-0.2, -0.15) is 0 Å². The normalized spacial score (nSPS) is 18.6. The van der Waals surface area contributed by atoms with Crippen molar-refractivity contribution in [3.63, 3.8) is 0 Å². The van der Waals surface area contributed by atoms with Gasteiger partial charge in [-0.25, -0.2) is 0 Å². The van der Waals surface area contributed by atoms with E-state index in [2.05, 4.69) is 66.2 Å². The van der Waals surface area contributed by atoms with Crippen LogP contribution >= 0.6 is 28.1 Å². The fourth-order valence-electron chi connectivity index (χ4n) is 3.94. The highest BCUT2D eigenvalue weighted by Crippen LogP contribution is 2.40. The van der Waals surface area contributed by atoms with Crippen LogP contribution in [0.4, 0.5) is 0 Å². The first-order valence-corrected chi connectivity index (χ1v) is 10.8. The van der Waals surface area contributed by atoms with Crippen LogP contribution in [0.25, 0.3) is 5.69 Å². The van der Waals surface area contributed by atoms with Crippen molar-refractivity contribution in [1.82, 2.24) is 19.8 Å². The minimum atomic E-state index is -0.0715. The van der Waals surface area contributed by atoms with Crippen molar-refractivity contribution < 1.29 is 4.42 Å². The molecule has 0 amide bonds. The molecule has 1 saturated heterocycles. The lowest BCUT2D eigenvalue weighted by molar-refractivity contribution is 0.280. The summed E-state index contributed by atoms with van der Waals surface area (Å²) >= 11 is 9.27. The van der Waals surface area contributed by atoms with Crippen LogP contribution in [0.15, 0.2) is 94.3 Å². The molecule has 3 aromatic heterocycles. The first kappa shape index (κ1) is 19.1. The molecule has 1 aliphatic heterocycles. The third-order valence-corrected chi connectivity index (χ3v) is 6.17. The van der Waals surface area contributed by atoms with Crippen molar-refractivity contribution in [2.45, 2.75) is 18.6 Å². The quantitative estimate of drug-likeness (QED) is 0.389. The molecule has 0 unspecified atom stereocenters. The van der Waals surface area contributed by atoms with Gasteiger partial charge in [0.25, 0.3) is 0 Å². The molecule has 0 radical (unpaired) electrons. The van der Waals surface area contributed by atoms with E-state index in [4.69, 9.17) is 16.6 Å². The Bertz CT molecular complexity index is 1140. The number of aromatic nitrogens is 2. The number of hydrogen-bond acceptors (Lipinski definition) is 3. The number of pyridine rings is 1. The Balaban J connectivity index is 1.60. The summed E-state index contributed by atoms with van der Waals surface area (Å²) < 4.78 is 8.88. The maximum absolute atomic E-state index is 5.75. The molecule has 1 N–H and O–H groups in total. The molecule has 150 valence electrons. The number of hydrogen-bond donors (Lipinski definition) is 1. The first-order chi connectivity index (χ1) is 14.7. The number of halogens is 1. The van der Waals surface area contributed by atoms with Gasteiger partial charge < -0.3 is 19.2 Å². The van der Waals surface area contributed by atoms with Gasteiger partial charge in [-0.15, -0.1) is 0 Å². The summed E-state index contributed by atoms with van der Waals surface area (Å²) in [7, 11) is 0. The Morgan fingerprint density at radius 2 is 1.90 bits per heavy atom. The van der Waals surface area contributed by atoms with Crippen molar-refractivity contribution in [1.29, 1.82) is 0 Å². The van der Waals surface area contributed by atoms with Gasteiger partial charge in [0, 0.05) is 28.2 Å². The smallest absolute Gasteiger partial charge is 0.170 e. The van der Waals surface area contributed by atoms with E-state index in [1.165, 1.54) is 0 Å². The molecule has 30 heavy (non-hydrogen) atoms. The fraction of sp³-hybridized carbons (Fsp3) is 0.130. The standard InChI is InChI=1S/C23H19BrN4OS/c24-16-8-10-17(11-9-16)27-13-3-7-20(27)22-21(19-6-1-2-12-25-19)26-23(30)28(22)15-18-5-4-14-29-18/h1-14,21-22H,15H2,(H,26,30)/t21-,22+/m1/s1. The van der Waals surface area contributed by atoms with Crippen molar-refractivity contribution >= 4 is 33.3 Å². The van der Waals surface area contributed by atoms with E-state index >= 15 is 0 Å². The number of rotatable bonds is 5. The number of benzene rings is 1. The van der Waals surface area contributed by atoms with Gasteiger partial charge in [-0.05, 0) is 72.9 Å². The molecule has 1 aliphatic rings. The van der Waals surface area contributed by atoms with Gasteiger partial charge in [0.15, 0.2) is 5.11 Å². The SMILES string of the molecule is S=C1N[C@H](c2ccccn2)[C@H](c2cccn2-c2ccc(Br)cc2)N1Cc1ccco1. The largest absolute Gasteiger partial charge is 0.467 e. The third-order valence-electron chi connectivity index (χ3n) is 5.29. The van der Waals surface area contributed by atoms with Gasteiger partial charge in [-0.1, -0.05) is 22.0 Å². The molecular formula is C23H19BrN4OS. The third kappa shape index (κ3) is 3.55. The summed E-state index contributed by atoms with van der Waals surface area (Å²) in [6.07, 6.45) is 5.60. The Morgan fingerprint density at radius 3 is 2.63 bits per heavy atom. The predicted molar refractivity (Wildman–Crippen MR) is 123 cm³/mol. The molecule has 0 saturated carbocycles. The Kier molecular flexibility index (Phi) is 5.14. The minimum absolute atomic E-state index is 0.0452. The summed E-state index contributed by atoms with van der Waals surface area (Å²) in [6, 6.07) is 22.2. The zero-order valence-electron chi connectivity index (χ0n) is 16.0. The van der Waals surface area contributed by atoms with E-state index < -0.39 is 0 Å². The van der Waals surface area contributed by atoms with Crippen LogP contribution in [0.1, 0.15) is 29.2 Å². The summed E-state index contributed by atoms with van der Waals surface area (Å²) in [4.78, 5) is 6.79. The highest BCUT2D eigenvalue weighted by molar-refractivity contribution is 9.10. The maximum Gasteiger partial charge on any atom is 0.170 e. The van der Waals surface area contributed by atoms with E-state index in [-0.39, 0.29) is 12.1 Å². The Hall–Kier alpha value is -2.90. The highest BCUT2D eigenvalue weighted by atomic mass is 79.9. The maximum atomic E-state index is 5.75. The second kappa shape index (κ2) is 8.08. The van der Waals surface area contributed by atoms with Crippen molar-refractivity contribution in [3.8, 4) is 5.69 Å². The molecular weight excluding hydrogens is 460 g/mol. The molecule has 1 fully saturated rings. The van der Waals surface area contributed by atoms with E-state index in [0.29, 0.717) is 11.7 Å². The van der Waals surface area contributed by atoms with Gasteiger partial charge in [0.05, 0.1) is 30.6 Å². The van der Waals surface area contributed by atoms with Crippen LogP contribution in [0, 0.1) is 0 Å². The molecule has 5 nitrogen and oxygen atoms in total. The molecule has 5 rings (SSSR count). The molecule has 1 aromatic carbocycles. The molecule has 4 heterocycles. The van der Waals surface area contributed by atoms with Crippen LogP contribution in [-0.4, -0.2) is 19.6 Å². The number of nitrogens with one attached hydrogen (secondary N) is 1. The van der Waals surface area contributed by atoms with Crippen molar-refractivity contribution in [2.75, 3.05) is 0 Å². The predicted octanol–water partition coefficient (Wildman–Crippen LogP) is 5.40. The molecule has 4 aromatic rings. The number of nitrogens with zero attached hydrogens (tertiary/aromatic N) is 3. The van der Waals surface area contributed by atoms with E-state index in [1.807, 2.05) is 48.7 Å². The highest BCUT2D eigenvalue weighted by Gasteiger charge is 2.41. The van der Waals surface area contributed by atoms with Crippen LogP contribution in [0.3, 0.4) is 0 Å². The van der Waals surface area contributed by atoms with Crippen molar-refractivity contribution in [2.24, 2.45) is 0 Å². The Morgan fingerprint density at radius 1 is 1.03 bits per heavy atom. The van der Waals surface area contributed by atoms with Crippen LogP contribution in [-0.2, 0) is 6.54 Å². The molecule has 0 spiro atoms. The zero-order valence-corrected chi connectivity index (χ0v) is 18.4. The second-order valence-electron chi connectivity index (χ2n) is 7.11. The lowest BCUT2D eigenvalue weighted by atomic mass is 10.0. The zero-order chi connectivity index (χ0) is 20.5. The van der Waals surface area contributed by atoms with E-state index in [9.17, 15) is 0 Å². The first-order valence-electron chi connectivity index (χ1n) is 9.64. The minimum Gasteiger partial charge on any atom is -0.467 e. The van der Waals surface area contributed by atoms with Gasteiger partial charge in [0.1, 0.15) is 5.76 Å². The summed E-state index contributed by atoms with van der Waals surface area (Å²) in [5.41, 5.74) is 3.18. The average Bonchev–Trinajstić information content (AvgIpc) is 3.51. The van der Waals surface area contributed by atoms with Gasteiger partial charge in [-0.3, -0.25) is 4.98 Å². The van der Waals surface area contributed by atoms with Crippen LogP contribution in [0.2, 0.25) is 0 Å². The lowest BCUT2D eigenvalue weighted by Crippen LogP contribution is -2.29. The Labute approximate surface area is 188 Å². The fourth-order valence-corrected chi connectivity index (χ4v) is 4.51. The molecule has 7 heteroatoms. The summed E-state index contributed by atoms with van der Waals surface area (Å²) in [5.74, 6) is 0.868. The van der Waals surface area contributed by atoms with Crippen molar-refractivity contribution in [3.05, 3.63) is 107 Å². The van der Waals surface area contributed by atoms with Crippen LogP contribution < -0.4 is 5.32 Å². The second-order valence-corrected chi connectivity index (χ2v) is 8.42. The molecule has 0 bridgehead atoms. The van der Waals surface area contributed by atoms with Gasteiger partial charge in [0.2, 0.25) is 0 Å². The summed E-state index contributed by atoms with van der Waals surface area (Å²) in [5, 5.41) is 4.18. The topological polar surface area (TPSA) is 46.2 Å². The van der Waals surface area contributed by atoms with E-state index in [0.717, 1.165) is 27.3 Å². The lowest BCUT2D eigenvalue weighted by Gasteiger charge is -2.28. The molecule has 0 aliphatic carbocycles. The average molecular weight is 479 g/mol. The van der Waals surface area contributed by atoms with Crippen LogP contribution in [0.5, 0.6) is 0 Å². The van der Waals surface area contributed by atoms with E-state index in [1.54, 1.807) is 6.26 Å². The number of thiocarbonyl (C=S) groups is 1. The number of furan rings is 1. The molecule has 2 atom stereocenters.